The van der Waals surface area contributed by atoms with Crippen LogP contribution in [0.5, 0.6) is 0 Å². The van der Waals surface area contributed by atoms with Crippen LogP contribution >= 0.6 is 11.3 Å². The molecule has 0 radical (unpaired) electrons. The number of aromatic nitrogens is 1. The molecule has 3 N–H and O–H groups in total. The second-order valence-corrected chi connectivity index (χ2v) is 6.17. The lowest BCUT2D eigenvalue weighted by Gasteiger charge is -2.07. The Morgan fingerprint density at radius 2 is 1.80 bits per heavy atom. The Kier molecular flexibility index (Phi) is 4.45. The van der Waals surface area contributed by atoms with Crippen molar-refractivity contribution in [2.45, 2.75) is 6.18 Å². The Bertz CT molecular complexity index is 907. The molecule has 3 rings (SSSR count). The molecule has 8 heteroatoms. The molecule has 0 fully saturated rings. The summed E-state index contributed by atoms with van der Waals surface area (Å²) in [5.41, 5.74) is 5.71. The Balaban J connectivity index is 1.84. The fraction of sp³-hybridized carbons (Fsp3) is 0.0588. The smallest absolute Gasteiger partial charge is 0.396 e. The SMILES string of the molecule is Nc1cc(-c2ccccc2)sc1NC(=O)c1cccc(C(F)(F)F)n1. The Morgan fingerprint density at radius 3 is 2.48 bits per heavy atom. The lowest BCUT2D eigenvalue weighted by Crippen LogP contribution is -2.17. The zero-order valence-corrected chi connectivity index (χ0v) is 13.5. The van der Waals surface area contributed by atoms with Crippen LogP contribution in [0, 0.1) is 0 Å². The highest BCUT2D eigenvalue weighted by Gasteiger charge is 2.33. The number of benzene rings is 1. The summed E-state index contributed by atoms with van der Waals surface area (Å²) >= 11 is 1.24. The number of rotatable bonds is 3. The van der Waals surface area contributed by atoms with Crippen molar-refractivity contribution in [2.75, 3.05) is 11.1 Å². The van der Waals surface area contributed by atoms with Crippen molar-refractivity contribution in [2.24, 2.45) is 0 Å². The minimum Gasteiger partial charge on any atom is -0.396 e. The highest BCUT2D eigenvalue weighted by Crippen LogP contribution is 2.37. The van der Waals surface area contributed by atoms with Gasteiger partial charge in [-0.3, -0.25) is 4.79 Å². The maximum absolute atomic E-state index is 12.7. The monoisotopic (exact) mass is 363 g/mol. The molecule has 0 bridgehead atoms. The van der Waals surface area contributed by atoms with Gasteiger partial charge in [0.2, 0.25) is 0 Å². The summed E-state index contributed by atoms with van der Waals surface area (Å²) in [6.45, 7) is 0. The number of alkyl halides is 3. The first-order valence-electron chi connectivity index (χ1n) is 7.15. The number of carbonyl (C=O) groups is 1. The predicted octanol–water partition coefficient (Wildman–Crippen LogP) is 4.66. The molecule has 1 aromatic carbocycles. The summed E-state index contributed by atoms with van der Waals surface area (Å²) in [6, 6.07) is 14.3. The maximum Gasteiger partial charge on any atom is 0.433 e. The average molecular weight is 363 g/mol. The van der Waals surface area contributed by atoms with Gasteiger partial charge in [0.25, 0.3) is 5.91 Å². The van der Waals surface area contributed by atoms with E-state index in [9.17, 15) is 18.0 Å². The Labute approximate surface area is 145 Å². The van der Waals surface area contributed by atoms with Crippen LogP contribution in [-0.4, -0.2) is 10.9 Å². The summed E-state index contributed by atoms with van der Waals surface area (Å²) in [4.78, 5) is 16.4. The predicted molar refractivity (Wildman–Crippen MR) is 91.4 cm³/mol. The zero-order chi connectivity index (χ0) is 18.0. The van der Waals surface area contributed by atoms with Gasteiger partial charge in [-0.2, -0.15) is 13.2 Å². The minimum atomic E-state index is -4.61. The van der Waals surface area contributed by atoms with Crippen LogP contribution in [0.3, 0.4) is 0 Å². The van der Waals surface area contributed by atoms with Gasteiger partial charge in [-0.1, -0.05) is 36.4 Å². The molecular weight excluding hydrogens is 351 g/mol. The molecule has 2 heterocycles. The van der Waals surface area contributed by atoms with E-state index in [1.807, 2.05) is 30.3 Å². The van der Waals surface area contributed by atoms with Crippen molar-refractivity contribution in [3.8, 4) is 10.4 Å². The fourth-order valence-corrected chi connectivity index (χ4v) is 3.11. The normalized spacial score (nSPS) is 11.3. The Morgan fingerprint density at radius 1 is 1.08 bits per heavy atom. The molecule has 25 heavy (non-hydrogen) atoms. The number of nitrogens with zero attached hydrogens (tertiary/aromatic N) is 1. The average Bonchev–Trinajstić information content (AvgIpc) is 2.96. The highest BCUT2D eigenvalue weighted by atomic mass is 32.1. The first-order chi connectivity index (χ1) is 11.8. The van der Waals surface area contributed by atoms with Crippen LogP contribution in [0.1, 0.15) is 16.2 Å². The van der Waals surface area contributed by atoms with Crippen molar-refractivity contribution < 1.29 is 18.0 Å². The van der Waals surface area contributed by atoms with Crippen LogP contribution in [0.15, 0.2) is 54.6 Å². The molecule has 0 saturated carbocycles. The molecular formula is C17H12F3N3OS. The second kappa shape index (κ2) is 6.56. The molecule has 128 valence electrons. The molecule has 0 aliphatic heterocycles. The summed E-state index contributed by atoms with van der Waals surface area (Å²) in [5, 5.41) is 2.88. The molecule has 1 amide bonds. The van der Waals surface area contributed by atoms with E-state index in [-0.39, 0.29) is 5.69 Å². The van der Waals surface area contributed by atoms with E-state index in [1.165, 1.54) is 17.4 Å². The van der Waals surface area contributed by atoms with E-state index in [1.54, 1.807) is 6.07 Å². The maximum atomic E-state index is 12.7. The van der Waals surface area contributed by atoms with Crippen LogP contribution in [0.4, 0.5) is 23.9 Å². The van der Waals surface area contributed by atoms with E-state index >= 15 is 0 Å². The summed E-state index contributed by atoms with van der Waals surface area (Å²) in [5.74, 6) is -0.751. The van der Waals surface area contributed by atoms with Gasteiger partial charge in [0.05, 0.1) is 5.69 Å². The van der Waals surface area contributed by atoms with Crippen molar-refractivity contribution in [3.05, 3.63) is 66.0 Å². The van der Waals surface area contributed by atoms with Crippen LogP contribution in [-0.2, 0) is 6.18 Å². The third-order valence-corrected chi connectivity index (χ3v) is 4.43. The lowest BCUT2D eigenvalue weighted by atomic mass is 10.2. The van der Waals surface area contributed by atoms with Gasteiger partial charge in [-0.05, 0) is 23.8 Å². The molecule has 0 spiro atoms. The van der Waals surface area contributed by atoms with Crippen molar-refractivity contribution in [1.29, 1.82) is 0 Å². The number of hydrogen-bond acceptors (Lipinski definition) is 4. The van der Waals surface area contributed by atoms with Crippen LogP contribution < -0.4 is 11.1 Å². The number of nitrogens with one attached hydrogen (secondary N) is 1. The highest BCUT2D eigenvalue weighted by molar-refractivity contribution is 7.20. The van der Waals surface area contributed by atoms with Gasteiger partial charge < -0.3 is 11.1 Å². The summed E-state index contributed by atoms with van der Waals surface area (Å²) in [6.07, 6.45) is -4.61. The van der Waals surface area contributed by atoms with Gasteiger partial charge in [-0.15, -0.1) is 11.3 Å². The third-order valence-electron chi connectivity index (χ3n) is 3.32. The standard InChI is InChI=1S/C17H12F3N3OS/c18-17(19,20)14-8-4-7-12(22-14)15(24)23-16-11(21)9-13(25-16)10-5-2-1-3-6-10/h1-9H,21H2,(H,23,24). The van der Waals surface area contributed by atoms with E-state index in [0.717, 1.165) is 22.6 Å². The quantitative estimate of drug-likeness (QED) is 0.711. The molecule has 0 atom stereocenters. The van der Waals surface area contributed by atoms with E-state index in [4.69, 9.17) is 5.73 Å². The Hall–Kier alpha value is -2.87. The van der Waals surface area contributed by atoms with Gasteiger partial charge in [0, 0.05) is 4.88 Å². The molecule has 0 saturated heterocycles. The summed E-state index contributed by atoms with van der Waals surface area (Å²) in [7, 11) is 0. The van der Waals surface area contributed by atoms with E-state index in [2.05, 4.69) is 10.3 Å². The number of halogens is 3. The summed E-state index contributed by atoms with van der Waals surface area (Å²) < 4.78 is 38.1. The molecule has 2 aromatic heterocycles. The van der Waals surface area contributed by atoms with Crippen LogP contribution in [0.25, 0.3) is 10.4 Å². The van der Waals surface area contributed by atoms with Gasteiger partial charge in [0.1, 0.15) is 16.4 Å². The molecule has 0 aliphatic carbocycles. The number of nitrogens with two attached hydrogens (primary N) is 1. The number of hydrogen-bond donors (Lipinski definition) is 2. The van der Waals surface area contributed by atoms with E-state index < -0.39 is 17.8 Å². The largest absolute Gasteiger partial charge is 0.433 e. The van der Waals surface area contributed by atoms with Gasteiger partial charge in [-0.25, -0.2) is 4.98 Å². The molecule has 3 aromatic rings. The number of pyridine rings is 1. The number of anilines is 2. The lowest BCUT2D eigenvalue weighted by molar-refractivity contribution is -0.141. The molecule has 4 nitrogen and oxygen atoms in total. The number of thiophene rings is 1. The molecule has 0 unspecified atom stereocenters. The van der Waals surface area contributed by atoms with Gasteiger partial charge in [0.15, 0.2) is 0 Å². The fourth-order valence-electron chi connectivity index (χ4n) is 2.13. The first kappa shape index (κ1) is 17.0. The van der Waals surface area contributed by atoms with Crippen molar-refractivity contribution in [1.82, 2.24) is 4.98 Å². The minimum absolute atomic E-state index is 0.330. The zero-order valence-electron chi connectivity index (χ0n) is 12.7. The van der Waals surface area contributed by atoms with E-state index in [0.29, 0.717) is 10.7 Å². The molecule has 0 aliphatic rings. The number of nitrogen functional groups attached to an aromatic ring is 1. The third kappa shape index (κ3) is 3.80. The number of carbonyl (C=O) groups excluding carboxylic acids is 1. The van der Waals surface area contributed by atoms with Crippen LogP contribution in [0.2, 0.25) is 0 Å². The van der Waals surface area contributed by atoms with Gasteiger partial charge >= 0.3 is 6.18 Å². The topological polar surface area (TPSA) is 68.0 Å². The van der Waals surface area contributed by atoms with Crippen molar-refractivity contribution >= 4 is 27.9 Å². The van der Waals surface area contributed by atoms with Crippen molar-refractivity contribution in [3.63, 3.8) is 0 Å². The number of amides is 1. The second-order valence-electron chi connectivity index (χ2n) is 5.12. The first-order valence-corrected chi connectivity index (χ1v) is 7.96.